The Bertz CT molecular complexity index is 1490. The van der Waals surface area contributed by atoms with Gasteiger partial charge in [0, 0.05) is 53.3 Å². The van der Waals surface area contributed by atoms with Gasteiger partial charge in [0.2, 0.25) is 11.8 Å². The standard InChI is InChI=1S/C30H37N5O3S/c1-7-19-14-18(17-34(19)5)24-11-12-25(39-24)29(38)33-28-22(10-13-26(31)36)21-9-8-20(15-23(21)32-28)35(6)27(37)16-30(2,3)4/h8-9,11-12,14-15,17,19,32H,7,10,13,16H2,1-6H3,(H2-,31,33,36,38)/p+1. The number of aromatic amines is 1. The predicted octanol–water partition coefficient (Wildman–Crippen LogP) is 5.19. The molecule has 4 rings (SSSR count). The van der Waals surface area contributed by atoms with Gasteiger partial charge in [0.25, 0.3) is 5.91 Å². The van der Waals surface area contributed by atoms with Crippen LogP contribution in [0.15, 0.2) is 36.4 Å². The number of likely N-dealkylation sites (N-methyl/N-ethyl adjacent to an activating group) is 1. The number of carbonyl (C=O) groups excluding carboxylic acids is 3. The van der Waals surface area contributed by atoms with Crippen LogP contribution in [0.2, 0.25) is 0 Å². The van der Waals surface area contributed by atoms with E-state index in [0.717, 1.165) is 39.0 Å². The SMILES string of the molecule is CCC1C=C(c2ccc(C(=O)Nc3[nH]c4cc(N(C)C(=O)CC(C)(C)C)ccc4c3CCC(N)=O)s2)C=[N+]1C. The van der Waals surface area contributed by atoms with Crippen LogP contribution in [0, 0.1) is 5.41 Å². The van der Waals surface area contributed by atoms with Gasteiger partial charge in [0.1, 0.15) is 12.9 Å². The highest BCUT2D eigenvalue weighted by atomic mass is 32.1. The molecule has 0 fully saturated rings. The number of carbonyl (C=O) groups is 3. The molecule has 1 atom stereocenters. The zero-order valence-electron chi connectivity index (χ0n) is 23.6. The molecule has 9 heteroatoms. The number of nitrogens with two attached hydrogens (primary N) is 1. The highest BCUT2D eigenvalue weighted by Crippen LogP contribution is 2.33. The number of nitrogens with one attached hydrogen (secondary N) is 2. The van der Waals surface area contributed by atoms with Crippen molar-refractivity contribution in [1.29, 1.82) is 0 Å². The third-order valence-corrected chi connectivity index (χ3v) is 8.10. The Morgan fingerprint density at radius 3 is 2.56 bits per heavy atom. The minimum atomic E-state index is -0.412. The largest absolute Gasteiger partial charge is 0.370 e. The fourth-order valence-corrected chi connectivity index (χ4v) is 5.70. The van der Waals surface area contributed by atoms with Gasteiger partial charge in [-0.15, -0.1) is 11.3 Å². The summed E-state index contributed by atoms with van der Waals surface area (Å²) in [6, 6.07) is 9.87. The second kappa shape index (κ2) is 11.2. The fourth-order valence-electron chi connectivity index (χ4n) is 4.81. The third-order valence-electron chi connectivity index (χ3n) is 6.96. The Kier molecular flexibility index (Phi) is 8.11. The first-order valence-corrected chi connectivity index (χ1v) is 14.1. The first kappa shape index (κ1) is 28.3. The lowest BCUT2D eigenvalue weighted by Crippen LogP contribution is -2.29. The van der Waals surface area contributed by atoms with Gasteiger partial charge >= 0.3 is 0 Å². The lowest BCUT2D eigenvalue weighted by atomic mass is 9.91. The summed E-state index contributed by atoms with van der Waals surface area (Å²) in [6.45, 7) is 8.26. The second-order valence-electron chi connectivity index (χ2n) is 11.4. The lowest BCUT2D eigenvalue weighted by Gasteiger charge is -2.23. The molecule has 8 nitrogen and oxygen atoms in total. The van der Waals surface area contributed by atoms with Gasteiger partial charge in [-0.3, -0.25) is 14.4 Å². The molecule has 2 aromatic heterocycles. The monoisotopic (exact) mass is 548 g/mol. The molecule has 0 aliphatic carbocycles. The van der Waals surface area contributed by atoms with Crippen molar-refractivity contribution in [3.63, 3.8) is 0 Å². The lowest BCUT2D eigenvalue weighted by molar-refractivity contribution is -0.517. The Balaban J connectivity index is 1.61. The Hall–Kier alpha value is -3.72. The molecule has 3 amide bonds. The van der Waals surface area contributed by atoms with Crippen LogP contribution >= 0.6 is 11.3 Å². The first-order valence-electron chi connectivity index (χ1n) is 13.3. The molecule has 3 heterocycles. The molecule has 206 valence electrons. The van der Waals surface area contributed by atoms with Crippen molar-refractivity contribution in [3.05, 3.63) is 51.7 Å². The zero-order chi connectivity index (χ0) is 28.5. The normalized spacial score (nSPS) is 15.3. The Morgan fingerprint density at radius 1 is 1.18 bits per heavy atom. The van der Waals surface area contributed by atoms with E-state index in [0.29, 0.717) is 29.6 Å². The number of anilines is 2. The molecule has 0 spiro atoms. The van der Waals surface area contributed by atoms with E-state index in [1.54, 1.807) is 11.9 Å². The maximum atomic E-state index is 13.3. The van der Waals surface area contributed by atoms with E-state index in [1.165, 1.54) is 11.3 Å². The van der Waals surface area contributed by atoms with E-state index >= 15 is 0 Å². The number of allylic oxidation sites excluding steroid dienone is 1. The number of nitrogens with zero attached hydrogens (tertiary/aromatic N) is 2. The van der Waals surface area contributed by atoms with Crippen molar-refractivity contribution in [3.8, 4) is 0 Å². The molecule has 1 aromatic carbocycles. The number of benzene rings is 1. The van der Waals surface area contributed by atoms with Crippen LogP contribution in [0.25, 0.3) is 16.5 Å². The molecule has 4 N–H and O–H groups in total. The van der Waals surface area contributed by atoms with Crippen molar-refractivity contribution in [1.82, 2.24) is 4.98 Å². The molecule has 1 aliphatic rings. The first-order chi connectivity index (χ1) is 18.4. The topological polar surface area (TPSA) is 111 Å². The van der Waals surface area contributed by atoms with Crippen molar-refractivity contribution < 1.29 is 19.0 Å². The average molecular weight is 549 g/mol. The number of hydrogen-bond donors (Lipinski definition) is 3. The number of H-pyrrole nitrogens is 1. The summed E-state index contributed by atoms with van der Waals surface area (Å²) in [4.78, 5) is 44.3. The quantitative estimate of drug-likeness (QED) is 0.320. The molecule has 1 unspecified atom stereocenters. The number of rotatable bonds is 9. The van der Waals surface area contributed by atoms with Crippen LogP contribution in [0.3, 0.4) is 0 Å². The van der Waals surface area contributed by atoms with Crippen LogP contribution < -0.4 is 16.0 Å². The average Bonchev–Trinajstić information content (AvgIpc) is 3.57. The van der Waals surface area contributed by atoms with Crippen molar-refractivity contribution in [2.75, 3.05) is 24.3 Å². The Labute approximate surface area is 233 Å². The fraction of sp³-hybridized carbons (Fsp3) is 0.400. The van der Waals surface area contributed by atoms with E-state index in [-0.39, 0.29) is 23.7 Å². The van der Waals surface area contributed by atoms with Crippen LogP contribution in [0.1, 0.15) is 67.1 Å². The molecule has 0 saturated carbocycles. The number of aromatic nitrogens is 1. The Morgan fingerprint density at radius 2 is 1.92 bits per heavy atom. The number of fused-ring (bicyclic) bond motifs is 1. The molecule has 1 aliphatic heterocycles. The third kappa shape index (κ3) is 6.47. The highest BCUT2D eigenvalue weighted by Gasteiger charge is 2.24. The number of primary amides is 1. The summed E-state index contributed by atoms with van der Waals surface area (Å²) in [5, 5.41) is 3.89. The van der Waals surface area contributed by atoms with E-state index in [1.807, 2.05) is 51.1 Å². The molecular formula is C30H38N5O3S+. The summed E-state index contributed by atoms with van der Waals surface area (Å²) in [5.74, 6) is -0.0835. The van der Waals surface area contributed by atoms with E-state index in [9.17, 15) is 14.4 Å². The van der Waals surface area contributed by atoms with Gasteiger partial charge in [-0.25, -0.2) is 4.58 Å². The summed E-state index contributed by atoms with van der Waals surface area (Å²) in [6.07, 6.45) is 6.32. The minimum absolute atomic E-state index is 0.0236. The molecule has 0 bridgehead atoms. The molecule has 0 radical (unpaired) electrons. The number of thiophene rings is 1. The summed E-state index contributed by atoms with van der Waals surface area (Å²) < 4.78 is 2.19. The summed E-state index contributed by atoms with van der Waals surface area (Å²) in [5.41, 5.74) is 8.77. The molecule has 0 saturated heterocycles. The smallest absolute Gasteiger partial charge is 0.266 e. The van der Waals surface area contributed by atoms with Gasteiger partial charge in [0.05, 0.1) is 10.5 Å². The maximum Gasteiger partial charge on any atom is 0.266 e. The predicted molar refractivity (Wildman–Crippen MR) is 160 cm³/mol. The van der Waals surface area contributed by atoms with Gasteiger partial charge < -0.3 is 20.9 Å². The number of hydrogen-bond acceptors (Lipinski definition) is 4. The summed E-state index contributed by atoms with van der Waals surface area (Å²) in [7, 11) is 3.83. The van der Waals surface area contributed by atoms with Crippen molar-refractivity contribution >= 4 is 63.3 Å². The van der Waals surface area contributed by atoms with Crippen molar-refractivity contribution in [2.24, 2.45) is 11.1 Å². The van der Waals surface area contributed by atoms with E-state index < -0.39 is 5.91 Å². The van der Waals surface area contributed by atoms with Gasteiger partial charge in [-0.05, 0) is 42.2 Å². The van der Waals surface area contributed by atoms with Gasteiger partial charge in [-0.2, -0.15) is 0 Å². The van der Waals surface area contributed by atoms with E-state index in [2.05, 4.69) is 41.1 Å². The van der Waals surface area contributed by atoms with E-state index in [4.69, 9.17) is 5.73 Å². The van der Waals surface area contributed by atoms with Crippen LogP contribution in [-0.4, -0.2) is 53.6 Å². The molecule has 3 aromatic rings. The van der Waals surface area contributed by atoms with Crippen LogP contribution in [0.4, 0.5) is 11.5 Å². The molecular weight excluding hydrogens is 510 g/mol. The zero-order valence-corrected chi connectivity index (χ0v) is 24.4. The highest BCUT2D eigenvalue weighted by molar-refractivity contribution is 7.15. The van der Waals surface area contributed by atoms with Crippen molar-refractivity contribution in [2.45, 2.75) is 59.4 Å². The van der Waals surface area contributed by atoms with Gasteiger partial charge in [0.15, 0.2) is 12.3 Å². The summed E-state index contributed by atoms with van der Waals surface area (Å²) >= 11 is 1.45. The second-order valence-corrected chi connectivity index (χ2v) is 12.5. The minimum Gasteiger partial charge on any atom is -0.370 e. The van der Waals surface area contributed by atoms with Gasteiger partial charge in [-0.1, -0.05) is 33.8 Å². The maximum absolute atomic E-state index is 13.3. The van der Waals surface area contributed by atoms with Crippen LogP contribution in [-0.2, 0) is 16.0 Å². The van der Waals surface area contributed by atoms with Crippen LogP contribution in [0.5, 0.6) is 0 Å². The number of amides is 3. The molecule has 39 heavy (non-hydrogen) atoms. The number of aryl methyl sites for hydroxylation is 1.